The van der Waals surface area contributed by atoms with Gasteiger partial charge in [0.15, 0.2) is 5.76 Å². The minimum Gasteiger partial charge on any atom is -0.494 e. The molecule has 0 N–H and O–H groups in total. The van der Waals surface area contributed by atoms with Gasteiger partial charge in [0.25, 0.3) is 0 Å². The monoisotopic (exact) mass is 400 g/mol. The van der Waals surface area contributed by atoms with E-state index in [0.29, 0.717) is 34.8 Å². The second-order valence-electron chi connectivity index (χ2n) is 6.76. The molecule has 4 rings (SSSR count). The highest BCUT2D eigenvalue weighted by Gasteiger charge is 2.30. The number of fused-ring (bicyclic) bond motifs is 1. The first-order chi connectivity index (χ1) is 14.6. The number of carbonyl (C=O) groups excluding carboxylic acids is 2. The average molecular weight is 400 g/mol. The largest absolute Gasteiger partial charge is 0.494 e. The van der Waals surface area contributed by atoms with Crippen LogP contribution in [-0.2, 0) is 0 Å². The first kappa shape index (κ1) is 19.5. The van der Waals surface area contributed by atoms with Crippen molar-refractivity contribution in [2.24, 2.45) is 0 Å². The average Bonchev–Trinajstić information content (AvgIpc) is 3.08. The van der Waals surface area contributed by atoms with Gasteiger partial charge in [-0.3, -0.25) is 4.79 Å². The van der Waals surface area contributed by atoms with Gasteiger partial charge >= 0.3 is 5.97 Å². The van der Waals surface area contributed by atoms with Crippen molar-refractivity contribution in [2.75, 3.05) is 6.61 Å². The molecule has 1 aliphatic rings. The molecule has 1 aliphatic heterocycles. The zero-order chi connectivity index (χ0) is 21.1. The molecule has 0 atom stereocenters. The third kappa shape index (κ3) is 3.82. The summed E-state index contributed by atoms with van der Waals surface area (Å²) in [7, 11) is 0. The molecule has 1 heterocycles. The van der Waals surface area contributed by atoms with Crippen LogP contribution in [0.5, 0.6) is 17.2 Å². The summed E-state index contributed by atoms with van der Waals surface area (Å²) in [4.78, 5) is 25.1. The fourth-order valence-corrected chi connectivity index (χ4v) is 3.19. The molecule has 0 radical (unpaired) electrons. The second-order valence-corrected chi connectivity index (χ2v) is 6.76. The van der Waals surface area contributed by atoms with Crippen molar-refractivity contribution in [1.29, 1.82) is 0 Å². The van der Waals surface area contributed by atoms with Gasteiger partial charge in [0.1, 0.15) is 17.2 Å². The van der Waals surface area contributed by atoms with Crippen molar-refractivity contribution >= 4 is 17.8 Å². The molecule has 0 spiro atoms. The highest BCUT2D eigenvalue weighted by Crippen LogP contribution is 2.39. The Morgan fingerprint density at radius 1 is 1.00 bits per heavy atom. The second kappa shape index (κ2) is 8.25. The molecule has 0 amide bonds. The van der Waals surface area contributed by atoms with Gasteiger partial charge in [-0.25, -0.2) is 4.79 Å². The summed E-state index contributed by atoms with van der Waals surface area (Å²) in [6, 6.07) is 19.4. The molecular formula is C25H20O5. The van der Waals surface area contributed by atoms with Crippen molar-refractivity contribution in [3.05, 3.63) is 94.7 Å². The van der Waals surface area contributed by atoms with Crippen LogP contribution in [0.1, 0.15) is 38.8 Å². The Hall–Kier alpha value is -3.86. The van der Waals surface area contributed by atoms with Gasteiger partial charge in [-0.15, -0.1) is 0 Å². The van der Waals surface area contributed by atoms with E-state index in [9.17, 15) is 9.59 Å². The Bertz CT molecular complexity index is 1130. The van der Waals surface area contributed by atoms with Crippen LogP contribution in [0.15, 0.2) is 72.5 Å². The Kier molecular flexibility index (Phi) is 5.35. The summed E-state index contributed by atoms with van der Waals surface area (Å²) >= 11 is 0. The van der Waals surface area contributed by atoms with Crippen LogP contribution in [0.2, 0.25) is 0 Å². The number of ketones is 1. The summed E-state index contributed by atoms with van der Waals surface area (Å²) < 4.78 is 16.8. The Morgan fingerprint density at radius 2 is 1.73 bits per heavy atom. The molecule has 0 unspecified atom stereocenters. The van der Waals surface area contributed by atoms with E-state index in [0.717, 1.165) is 11.3 Å². The highest BCUT2D eigenvalue weighted by molar-refractivity contribution is 6.15. The molecule has 0 saturated carbocycles. The van der Waals surface area contributed by atoms with E-state index in [1.54, 1.807) is 49.4 Å². The van der Waals surface area contributed by atoms with Crippen LogP contribution >= 0.6 is 0 Å². The number of allylic oxidation sites excluding steroid dienone is 1. The van der Waals surface area contributed by atoms with E-state index in [1.807, 2.05) is 37.3 Å². The summed E-state index contributed by atoms with van der Waals surface area (Å²) in [6.07, 6.45) is 1.69. The van der Waals surface area contributed by atoms with Crippen molar-refractivity contribution < 1.29 is 23.8 Å². The Morgan fingerprint density at radius 3 is 2.43 bits per heavy atom. The first-order valence-corrected chi connectivity index (χ1v) is 9.64. The van der Waals surface area contributed by atoms with Crippen LogP contribution in [0.3, 0.4) is 0 Å². The Balaban J connectivity index is 1.57. The van der Waals surface area contributed by atoms with Crippen molar-refractivity contribution in [3.63, 3.8) is 0 Å². The minimum absolute atomic E-state index is 0.206. The normalized spacial score (nSPS) is 13.7. The van der Waals surface area contributed by atoms with Crippen molar-refractivity contribution in [1.82, 2.24) is 0 Å². The number of hydrogen-bond donors (Lipinski definition) is 0. The summed E-state index contributed by atoms with van der Waals surface area (Å²) in [5, 5.41) is 0. The lowest BCUT2D eigenvalue weighted by molar-refractivity contribution is 0.0733. The molecule has 0 aliphatic carbocycles. The molecule has 0 saturated heterocycles. The van der Waals surface area contributed by atoms with Gasteiger partial charge < -0.3 is 14.2 Å². The number of hydrogen-bond acceptors (Lipinski definition) is 5. The van der Waals surface area contributed by atoms with Crippen LogP contribution in [0, 0.1) is 6.92 Å². The van der Waals surface area contributed by atoms with Crippen LogP contribution in [0.4, 0.5) is 0 Å². The van der Waals surface area contributed by atoms with Crippen LogP contribution in [0.25, 0.3) is 6.08 Å². The maximum absolute atomic E-state index is 12.8. The van der Waals surface area contributed by atoms with E-state index >= 15 is 0 Å². The zero-order valence-electron chi connectivity index (χ0n) is 16.7. The highest BCUT2D eigenvalue weighted by atomic mass is 16.5. The predicted molar refractivity (Wildman–Crippen MR) is 113 cm³/mol. The van der Waals surface area contributed by atoms with Gasteiger partial charge in [-0.2, -0.15) is 0 Å². The molecular weight excluding hydrogens is 380 g/mol. The summed E-state index contributed by atoms with van der Waals surface area (Å²) in [6.45, 7) is 4.28. The third-order valence-electron chi connectivity index (χ3n) is 4.74. The maximum atomic E-state index is 12.8. The fraction of sp³-hybridized carbons (Fsp3) is 0.120. The van der Waals surface area contributed by atoms with Crippen LogP contribution < -0.4 is 14.2 Å². The summed E-state index contributed by atoms with van der Waals surface area (Å²) in [5.41, 5.74) is 2.32. The quantitative estimate of drug-likeness (QED) is 0.333. The van der Waals surface area contributed by atoms with E-state index in [1.165, 1.54) is 0 Å². The molecule has 0 fully saturated rings. The molecule has 5 nitrogen and oxygen atoms in total. The number of rotatable bonds is 5. The number of ether oxygens (including phenoxy) is 3. The number of carbonyl (C=O) groups is 2. The standard InChI is InChI=1S/C25H20O5/c1-3-28-19-11-9-17(10-12-19)15-22-23(26)20-13-14-21(16(2)24(20)29-22)30-25(27)18-7-5-4-6-8-18/h4-15H,3H2,1-2H3/b22-15-. The lowest BCUT2D eigenvalue weighted by Crippen LogP contribution is -2.09. The molecule has 5 heteroatoms. The SMILES string of the molecule is CCOc1ccc(/C=C2\Oc3c(ccc(OC(=O)c4ccccc4)c3C)C2=O)cc1. The number of Topliss-reactive ketones (excluding diaryl/α,β-unsaturated/α-hetero) is 1. The van der Waals surface area contributed by atoms with Gasteiger partial charge in [0.2, 0.25) is 5.78 Å². The van der Waals surface area contributed by atoms with E-state index < -0.39 is 5.97 Å². The van der Waals surface area contributed by atoms with Gasteiger partial charge in [-0.05, 0) is 61.9 Å². The summed E-state index contributed by atoms with van der Waals surface area (Å²) in [5.74, 6) is 1.09. The molecule has 3 aromatic carbocycles. The molecule has 0 aromatic heterocycles. The van der Waals surface area contributed by atoms with Crippen LogP contribution in [-0.4, -0.2) is 18.4 Å². The van der Waals surface area contributed by atoms with Crippen molar-refractivity contribution in [3.8, 4) is 17.2 Å². The zero-order valence-corrected chi connectivity index (χ0v) is 16.7. The molecule has 150 valence electrons. The van der Waals surface area contributed by atoms with Crippen molar-refractivity contribution in [2.45, 2.75) is 13.8 Å². The van der Waals surface area contributed by atoms with Gasteiger partial charge in [-0.1, -0.05) is 30.3 Å². The topological polar surface area (TPSA) is 61.8 Å². The number of benzene rings is 3. The van der Waals surface area contributed by atoms with E-state index in [4.69, 9.17) is 14.2 Å². The molecule has 0 bridgehead atoms. The molecule has 3 aromatic rings. The Labute approximate surface area is 174 Å². The molecule has 30 heavy (non-hydrogen) atoms. The van der Waals surface area contributed by atoms with Gasteiger partial charge in [0.05, 0.1) is 17.7 Å². The van der Waals surface area contributed by atoms with E-state index in [-0.39, 0.29) is 11.5 Å². The number of esters is 1. The third-order valence-corrected chi connectivity index (χ3v) is 4.74. The maximum Gasteiger partial charge on any atom is 0.343 e. The lowest BCUT2D eigenvalue weighted by atomic mass is 10.1. The smallest absolute Gasteiger partial charge is 0.343 e. The van der Waals surface area contributed by atoms with E-state index in [2.05, 4.69) is 0 Å². The predicted octanol–water partition coefficient (Wildman–Crippen LogP) is 5.23. The van der Waals surface area contributed by atoms with Gasteiger partial charge in [0, 0.05) is 5.56 Å². The minimum atomic E-state index is -0.465. The first-order valence-electron chi connectivity index (χ1n) is 9.64. The lowest BCUT2D eigenvalue weighted by Gasteiger charge is -2.10. The fourth-order valence-electron chi connectivity index (χ4n) is 3.19.